The number of carbonyl (C=O) groups excluding carboxylic acids is 4. The van der Waals surface area contributed by atoms with Crippen LogP contribution < -0.4 is 26.0 Å². The zero-order valence-corrected chi connectivity index (χ0v) is 32.4. The van der Waals surface area contributed by atoms with Crippen molar-refractivity contribution >= 4 is 57.7 Å². The van der Waals surface area contributed by atoms with Gasteiger partial charge in [0.2, 0.25) is 5.91 Å². The summed E-state index contributed by atoms with van der Waals surface area (Å²) >= 11 is 0. The van der Waals surface area contributed by atoms with E-state index in [-0.39, 0.29) is 40.1 Å². The molecule has 0 saturated heterocycles. The van der Waals surface area contributed by atoms with Crippen molar-refractivity contribution in [3.05, 3.63) is 131 Å². The van der Waals surface area contributed by atoms with Crippen molar-refractivity contribution in [3.8, 4) is 41.3 Å². The summed E-state index contributed by atoms with van der Waals surface area (Å²) in [5.74, 6) is -1.15. The van der Waals surface area contributed by atoms with Gasteiger partial charge in [0, 0.05) is 41.5 Å². The smallest absolute Gasteiger partial charge is 0.335 e. The summed E-state index contributed by atoms with van der Waals surface area (Å²) in [7, 11) is 1.86. The summed E-state index contributed by atoms with van der Waals surface area (Å²) in [5, 5.41) is 40.1. The molecule has 0 unspecified atom stereocenters. The largest absolute Gasteiger partial charge is 0.504 e. The van der Waals surface area contributed by atoms with Gasteiger partial charge in [-0.2, -0.15) is 5.26 Å². The van der Waals surface area contributed by atoms with Crippen LogP contribution in [0.25, 0.3) is 22.4 Å². The number of aromatic hydroxyl groups is 1. The molecule has 0 aliphatic heterocycles. The summed E-state index contributed by atoms with van der Waals surface area (Å²) in [4.78, 5) is 68.7. The second-order valence-corrected chi connectivity index (χ2v) is 13.7. The number of amides is 4. The lowest BCUT2D eigenvalue weighted by Crippen LogP contribution is -2.43. The third-order valence-corrected chi connectivity index (χ3v) is 9.14. The molecule has 6 rings (SSSR count). The van der Waals surface area contributed by atoms with Crippen LogP contribution in [0.2, 0.25) is 0 Å². The number of hydrogen-bond acceptors (Lipinski definition) is 9. The number of aromatic carboxylic acids is 1. The number of fused-ring (bicyclic) bond motifs is 1. The molecule has 1 aromatic heterocycles. The Balaban J connectivity index is 1.09. The Morgan fingerprint density at radius 1 is 0.800 bits per heavy atom. The topological polar surface area (TPSA) is 225 Å². The standard InChI is InChI=1S/C45H37N7O8/c1-5-6-35(51-42(55)28-10-8-27(9-11-28)40-49-36-23-26(24-46)7-22-37(36)52(40)4)44(57)48-32-16-12-29(13-17-32)41(54)50-34-21-20-33(38(53)39(34)60-25(2)3)43(56)47-31-18-14-30(15-19-31)45(58)59/h1,7-23,25,35,53H,6H2,2-4H3,(H,47,56)(H,48,57)(H,50,54)(H,51,55)(H,58,59)/t35-/m0/s1. The van der Waals surface area contributed by atoms with E-state index in [4.69, 9.17) is 16.3 Å². The lowest BCUT2D eigenvalue weighted by Gasteiger charge is -2.18. The first-order valence-corrected chi connectivity index (χ1v) is 18.4. The van der Waals surface area contributed by atoms with Crippen LogP contribution in [-0.4, -0.2) is 61.5 Å². The van der Waals surface area contributed by atoms with Gasteiger partial charge in [0.1, 0.15) is 11.9 Å². The Kier molecular flexibility index (Phi) is 12.2. The van der Waals surface area contributed by atoms with Crippen molar-refractivity contribution in [1.82, 2.24) is 14.9 Å². The second-order valence-electron chi connectivity index (χ2n) is 13.7. The number of ether oxygens (including phenoxy) is 1. The molecule has 15 nitrogen and oxygen atoms in total. The van der Waals surface area contributed by atoms with Crippen LogP contribution in [0.4, 0.5) is 17.1 Å². The normalized spacial score (nSPS) is 11.2. The molecular formula is C45H37N7O8. The zero-order valence-electron chi connectivity index (χ0n) is 32.4. The van der Waals surface area contributed by atoms with Gasteiger partial charge >= 0.3 is 5.97 Å². The lowest BCUT2D eigenvalue weighted by molar-refractivity contribution is -0.117. The van der Waals surface area contributed by atoms with Crippen LogP contribution in [0.15, 0.2) is 103 Å². The van der Waals surface area contributed by atoms with Gasteiger partial charge < -0.3 is 40.8 Å². The summed E-state index contributed by atoms with van der Waals surface area (Å²) in [6.45, 7) is 3.40. The molecule has 60 heavy (non-hydrogen) atoms. The molecular weight excluding hydrogens is 767 g/mol. The van der Waals surface area contributed by atoms with Gasteiger partial charge in [-0.05, 0) is 105 Å². The van der Waals surface area contributed by atoms with E-state index in [0.717, 1.165) is 11.1 Å². The van der Waals surface area contributed by atoms with Gasteiger partial charge in [-0.1, -0.05) is 12.1 Å². The second kappa shape index (κ2) is 17.8. The molecule has 1 heterocycles. The van der Waals surface area contributed by atoms with E-state index >= 15 is 0 Å². The molecule has 0 aliphatic rings. The van der Waals surface area contributed by atoms with Crippen molar-refractivity contribution in [1.29, 1.82) is 5.26 Å². The molecule has 0 bridgehead atoms. The average Bonchev–Trinajstić information content (AvgIpc) is 3.57. The maximum absolute atomic E-state index is 13.3. The number of carboxylic acid groups (broad SMARTS) is 1. The first kappa shape index (κ1) is 41.2. The van der Waals surface area contributed by atoms with Crippen LogP contribution in [0.3, 0.4) is 0 Å². The third-order valence-electron chi connectivity index (χ3n) is 9.14. The minimum absolute atomic E-state index is 0.0343. The SMILES string of the molecule is C#CC[C@H](NC(=O)c1ccc(-c2nc3cc(C#N)ccc3n2C)cc1)C(=O)Nc1ccc(C(=O)Nc2ccc(C(=O)Nc3ccc(C(=O)O)cc3)c(O)c2OC(C)C)cc1. The molecule has 0 aliphatic carbocycles. The monoisotopic (exact) mass is 803 g/mol. The molecule has 5 aromatic carbocycles. The number of imidazole rings is 1. The average molecular weight is 804 g/mol. The number of nitrogens with zero attached hydrogens (tertiary/aromatic N) is 3. The summed E-state index contributed by atoms with van der Waals surface area (Å²) in [6, 6.07) is 27.0. The highest BCUT2D eigenvalue weighted by molar-refractivity contribution is 6.10. The molecule has 6 N–H and O–H groups in total. The molecule has 0 saturated carbocycles. The van der Waals surface area contributed by atoms with Gasteiger partial charge in [0.15, 0.2) is 11.5 Å². The number of phenolic OH excluding ortho intramolecular Hbond substituents is 1. The molecule has 0 spiro atoms. The Bertz CT molecular complexity index is 2730. The molecule has 0 fully saturated rings. The van der Waals surface area contributed by atoms with Crippen LogP contribution in [-0.2, 0) is 11.8 Å². The van der Waals surface area contributed by atoms with E-state index in [1.54, 1.807) is 50.2 Å². The summed E-state index contributed by atoms with van der Waals surface area (Å²) < 4.78 is 7.68. The van der Waals surface area contributed by atoms with Crippen molar-refractivity contribution in [2.24, 2.45) is 7.05 Å². The lowest BCUT2D eigenvalue weighted by atomic mass is 10.1. The Hall–Kier alpha value is -8.43. The first-order valence-electron chi connectivity index (χ1n) is 18.4. The number of aromatic nitrogens is 2. The number of aryl methyl sites for hydroxylation is 1. The van der Waals surface area contributed by atoms with Crippen LogP contribution in [0.1, 0.15) is 67.3 Å². The highest BCUT2D eigenvalue weighted by Crippen LogP contribution is 2.39. The van der Waals surface area contributed by atoms with Gasteiger partial charge in [0.05, 0.1) is 45.6 Å². The van der Waals surface area contributed by atoms with Gasteiger partial charge in [-0.3, -0.25) is 19.2 Å². The number of phenols is 1. The van der Waals surface area contributed by atoms with Crippen LogP contribution in [0.5, 0.6) is 11.5 Å². The molecule has 4 amide bonds. The highest BCUT2D eigenvalue weighted by Gasteiger charge is 2.24. The predicted molar refractivity (Wildman–Crippen MR) is 224 cm³/mol. The first-order chi connectivity index (χ1) is 28.8. The van der Waals surface area contributed by atoms with Crippen molar-refractivity contribution in [2.45, 2.75) is 32.4 Å². The van der Waals surface area contributed by atoms with E-state index in [2.05, 4.69) is 38.2 Å². The van der Waals surface area contributed by atoms with E-state index in [9.17, 15) is 34.3 Å². The number of nitrogens with one attached hydrogen (secondary N) is 4. The molecule has 300 valence electrons. The highest BCUT2D eigenvalue weighted by atomic mass is 16.5. The number of anilines is 3. The van der Waals surface area contributed by atoms with E-state index in [0.29, 0.717) is 28.3 Å². The maximum atomic E-state index is 13.3. The number of carbonyl (C=O) groups is 5. The van der Waals surface area contributed by atoms with Crippen molar-refractivity contribution < 1.29 is 38.9 Å². The number of terminal acetylenes is 1. The number of benzene rings is 5. The fourth-order valence-corrected chi connectivity index (χ4v) is 6.10. The Morgan fingerprint density at radius 2 is 1.42 bits per heavy atom. The van der Waals surface area contributed by atoms with Crippen LogP contribution in [0, 0.1) is 23.7 Å². The fraction of sp³-hybridized carbons (Fsp3) is 0.133. The van der Waals surface area contributed by atoms with E-state index in [1.165, 1.54) is 60.7 Å². The number of carboxylic acids is 1. The maximum Gasteiger partial charge on any atom is 0.335 e. The van der Waals surface area contributed by atoms with E-state index < -0.39 is 47.5 Å². The summed E-state index contributed by atoms with van der Waals surface area (Å²) in [6.07, 6.45) is 4.98. The van der Waals surface area contributed by atoms with Crippen LogP contribution >= 0.6 is 0 Å². The Labute approximate surface area is 343 Å². The zero-order chi connectivity index (χ0) is 43.1. The molecule has 1 atom stereocenters. The number of rotatable bonds is 13. The molecule has 0 radical (unpaired) electrons. The van der Waals surface area contributed by atoms with E-state index in [1.807, 2.05) is 17.7 Å². The fourth-order valence-electron chi connectivity index (χ4n) is 6.10. The third kappa shape index (κ3) is 9.23. The predicted octanol–water partition coefficient (Wildman–Crippen LogP) is 6.57. The number of hydrogen-bond donors (Lipinski definition) is 6. The quantitative estimate of drug-likeness (QED) is 0.0689. The molecule has 6 aromatic rings. The van der Waals surface area contributed by atoms with Gasteiger partial charge in [0.25, 0.3) is 17.7 Å². The summed E-state index contributed by atoms with van der Waals surface area (Å²) in [5.41, 5.74) is 3.77. The minimum atomic E-state index is -1.12. The van der Waals surface area contributed by atoms with Crippen molar-refractivity contribution in [2.75, 3.05) is 16.0 Å². The van der Waals surface area contributed by atoms with Gasteiger partial charge in [-0.25, -0.2) is 9.78 Å². The molecule has 15 heteroatoms. The minimum Gasteiger partial charge on any atom is -0.504 e. The van der Waals surface area contributed by atoms with Crippen molar-refractivity contribution in [3.63, 3.8) is 0 Å². The Morgan fingerprint density at radius 3 is 2.03 bits per heavy atom. The number of nitriles is 1. The van der Waals surface area contributed by atoms with Gasteiger partial charge in [-0.15, -0.1) is 12.3 Å².